The third-order valence-corrected chi connectivity index (χ3v) is 6.35. The van der Waals surface area contributed by atoms with Gasteiger partial charge in [-0.25, -0.2) is 0 Å². The zero-order chi connectivity index (χ0) is 14.8. The molecule has 3 fully saturated rings. The fourth-order valence-electron chi connectivity index (χ4n) is 5.52. The first-order chi connectivity index (χ1) is 10.7. The Morgan fingerprint density at radius 1 is 1.32 bits per heavy atom. The summed E-state index contributed by atoms with van der Waals surface area (Å²) in [4.78, 5) is 2.74. The topological polar surface area (TPSA) is 36.6 Å². The summed E-state index contributed by atoms with van der Waals surface area (Å²) in [7, 11) is 0. The van der Waals surface area contributed by atoms with Gasteiger partial charge in [0.1, 0.15) is 17.1 Å². The van der Waals surface area contributed by atoms with E-state index in [0.717, 1.165) is 35.8 Å². The van der Waals surface area contributed by atoms with Crippen LogP contribution in [0.2, 0.25) is 0 Å². The number of furan rings is 1. The van der Waals surface area contributed by atoms with Crippen LogP contribution in [-0.2, 0) is 6.42 Å². The van der Waals surface area contributed by atoms with E-state index in [-0.39, 0.29) is 0 Å². The van der Waals surface area contributed by atoms with E-state index < -0.39 is 0 Å². The summed E-state index contributed by atoms with van der Waals surface area (Å²) < 4.78 is 6.32. The highest BCUT2D eigenvalue weighted by Crippen LogP contribution is 2.51. The van der Waals surface area contributed by atoms with Crippen LogP contribution in [0.1, 0.15) is 43.4 Å². The number of hydrogen-bond acceptors (Lipinski definition) is 3. The van der Waals surface area contributed by atoms with Gasteiger partial charge in [-0.3, -0.25) is 4.90 Å². The highest BCUT2D eigenvalue weighted by Gasteiger charge is 2.49. The van der Waals surface area contributed by atoms with Crippen molar-refractivity contribution in [1.29, 1.82) is 0 Å². The lowest BCUT2D eigenvalue weighted by Gasteiger charge is -2.52. The Labute approximate surface area is 130 Å². The highest BCUT2D eigenvalue weighted by atomic mass is 16.3. The number of hydrogen-bond donors (Lipinski definition) is 1. The zero-order valence-electron chi connectivity index (χ0n) is 13.1. The van der Waals surface area contributed by atoms with Crippen LogP contribution in [0.3, 0.4) is 0 Å². The first kappa shape index (κ1) is 13.0. The average molecular weight is 297 g/mol. The predicted molar refractivity (Wildman–Crippen MR) is 86.2 cm³/mol. The van der Waals surface area contributed by atoms with E-state index in [2.05, 4.69) is 11.8 Å². The Bertz CT molecular complexity index is 734. The minimum Gasteiger partial charge on any atom is -0.508 e. The number of phenolic OH excluding ortho intramolecular Hbond substituents is 1. The van der Waals surface area contributed by atoms with Gasteiger partial charge < -0.3 is 9.52 Å². The van der Waals surface area contributed by atoms with Crippen molar-refractivity contribution in [2.45, 2.75) is 44.6 Å². The molecule has 3 aliphatic heterocycles. The van der Waals surface area contributed by atoms with Crippen molar-refractivity contribution in [1.82, 2.24) is 4.90 Å². The van der Waals surface area contributed by atoms with Crippen molar-refractivity contribution in [3.63, 3.8) is 0 Å². The smallest absolute Gasteiger partial charge is 0.134 e. The minimum atomic E-state index is 0.344. The lowest BCUT2D eigenvalue weighted by atomic mass is 9.65. The van der Waals surface area contributed by atoms with E-state index in [0.29, 0.717) is 17.7 Å². The SMILES string of the molecule is CC[C@H]1C[C@H]2C[C@H]3c4oc5ccc(O)cc5c4CCN(C2)C13. The summed E-state index contributed by atoms with van der Waals surface area (Å²) >= 11 is 0. The van der Waals surface area contributed by atoms with E-state index in [1.54, 1.807) is 6.07 Å². The second kappa shape index (κ2) is 4.51. The van der Waals surface area contributed by atoms with Gasteiger partial charge >= 0.3 is 0 Å². The molecule has 6 rings (SSSR count). The largest absolute Gasteiger partial charge is 0.508 e. The van der Waals surface area contributed by atoms with Crippen LogP contribution in [0.5, 0.6) is 5.75 Å². The van der Waals surface area contributed by atoms with Gasteiger partial charge in [-0.05, 0) is 49.3 Å². The number of phenols is 1. The third-order valence-electron chi connectivity index (χ3n) is 6.35. The van der Waals surface area contributed by atoms with Gasteiger partial charge in [-0.1, -0.05) is 13.3 Å². The van der Waals surface area contributed by atoms with Gasteiger partial charge in [0.15, 0.2) is 0 Å². The molecule has 3 nitrogen and oxygen atoms in total. The number of piperidine rings is 2. The molecule has 22 heavy (non-hydrogen) atoms. The summed E-state index contributed by atoms with van der Waals surface area (Å²) in [5.74, 6) is 3.80. The number of rotatable bonds is 1. The fourth-order valence-corrected chi connectivity index (χ4v) is 5.52. The molecule has 1 N–H and O–H groups in total. The van der Waals surface area contributed by atoms with Crippen LogP contribution in [0.25, 0.3) is 11.0 Å². The zero-order valence-corrected chi connectivity index (χ0v) is 13.1. The molecule has 0 amide bonds. The molecule has 5 atom stereocenters. The average Bonchev–Trinajstić information content (AvgIpc) is 2.85. The Morgan fingerprint density at radius 2 is 2.23 bits per heavy atom. The maximum absolute atomic E-state index is 9.84. The third kappa shape index (κ3) is 1.66. The molecule has 0 spiro atoms. The molecule has 1 saturated carbocycles. The van der Waals surface area contributed by atoms with Crippen LogP contribution < -0.4 is 0 Å². The molecule has 2 aromatic rings. The van der Waals surface area contributed by atoms with Gasteiger partial charge in [0.2, 0.25) is 0 Å². The Morgan fingerprint density at radius 3 is 3.09 bits per heavy atom. The number of benzene rings is 1. The maximum Gasteiger partial charge on any atom is 0.134 e. The number of fused-ring (bicyclic) bond motifs is 4. The molecule has 116 valence electrons. The van der Waals surface area contributed by atoms with Gasteiger partial charge in [0.25, 0.3) is 0 Å². The first-order valence-corrected chi connectivity index (χ1v) is 8.73. The van der Waals surface area contributed by atoms with Crippen molar-refractivity contribution < 1.29 is 9.52 Å². The molecule has 2 saturated heterocycles. The monoisotopic (exact) mass is 297 g/mol. The minimum absolute atomic E-state index is 0.344. The second-order valence-corrected chi connectivity index (χ2v) is 7.47. The molecule has 1 aromatic carbocycles. The maximum atomic E-state index is 9.84. The van der Waals surface area contributed by atoms with Crippen molar-refractivity contribution in [2.75, 3.05) is 13.1 Å². The predicted octanol–water partition coefficient (Wildman–Crippen LogP) is 3.90. The van der Waals surface area contributed by atoms with Crippen LogP contribution in [0.4, 0.5) is 0 Å². The molecule has 0 radical (unpaired) electrons. The van der Waals surface area contributed by atoms with Crippen molar-refractivity contribution in [3.8, 4) is 5.75 Å². The molecule has 1 aromatic heterocycles. The van der Waals surface area contributed by atoms with Gasteiger partial charge in [-0.2, -0.15) is 0 Å². The Balaban J connectivity index is 1.69. The molecule has 1 aliphatic carbocycles. The van der Waals surface area contributed by atoms with Crippen LogP contribution >= 0.6 is 0 Å². The summed E-state index contributed by atoms with van der Waals surface area (Å²) in [6.07, 6.45) is 5.04. The van der Waals surface area contributed by atoms with E-state index in [1.807, 2.05) is 12.1 Å². The Hall–Kier alpha value is -1.48. The fraction of sp³-hybridized carbons (Fsp3) is 0.579. The quantitative estimate of drug-likeness (QED) is 0.867. The lowest BCUT2D eigenvalue weighted by molar-refractivity contribution is -0.0169. The molecular formula is C19H23NO2. The van der Waals surface area contributed by atoms with Gasteiger partial charge in [0, 0.05) is 36.0 Å². The van der Waals surface area contributed by atoms with Crippen LogP contribution in [0.15, 0.2) is 22.6 Å². The standard InChI is InChI=1S/C19H23NO2/c1-2-12-7-11-8-16-18(12)20(10-11)6-5-14-15-9-13(21)3-4-17(15)22-19(14)16/h3-4,9,11-12,16,18,21H,2,5-8,10H2,1H3/t11-,12-,16+,18?/m0/s1. The second-order valence-electron chi connectivity index (χ2n) is 7.47. The highest BCUT2D eigenvalue weighted by molar-refractivity contribution is 5.84. The first-order valence-electron chi connectivity index (χ1n) is 8.73. The normalized spacial score (nSPS) is 36.3. The van der Waals surface area contributed by atoms with Crippen molar-refractivity contribution in [2.24, 2.45) is 11.8 Å². The van der Waals surface area contributed by atoms with Crippen LogP contribution in [0, 0.1) is 11.8 Å². The molecular weight excluding hydrogens is 274 g/mol. The summed E-state index contributed by atoms with van der Waals surface area (Å²) in [6, 6.07) is 6.22. The Kier molecular flexibility index (Phi) is 2.67. The van der Waals surface area contributed by atoms with E-state index in [9.17, 15) is 5.11 Å². The summed E-state index contributed by atoms with van der Waals surface area (Å²) in [6.45, 7) is 4.77. The number of aromatic hydroxyl groups is 1. The summed E-state index contributed by atoms with van der Waals surface area (Å²) in [5, 5.41) is 11.0. The molecule has 3 heteroatoms. The van der Waals surface area contributed by atoms with Crippen molar-refractivity contribution >= 4 is 11.0 Å². The molecule has 4 aliphatic rings. The molecule has 4 heterocycles. The molecule has 4 bridgehead atoms. The van der Waals surface area contributed by atoms with E-state index in [1.165, 1.54) is 37.1 Å². The van der Waals surface area contributed by atoms with E-state index >= 15 is 0 Å². The summed E-state index contributed by atoms with van der Waals surface area (Å²) in [5.41, 5.74) is 2.31. The molecule has 2 unspecified atom stereocenters. The number of nitrogens with zero attached hydrogens (tertiary/aromatic N) is 1. The lowest BCUT2D eigenvalue weighted by Crippen LogP contribution is -2.56. The van der Waals surface area contributed by atoms with Crippen LogP contribution in [-0.4, -0.2) is 29.1 Å². The van der Waals surface area contributed by atoms with Gasteiger partial charge in [0.05, 0.1) is 0 Å². The van der Waals surface area contributed by atoms with E-state index in [4.69, 9.17) is 4.42 Å². The van der Waals surface area contributed by atoms with Crippen molar-refractivity contribution in [3.05, 3.63) is 29.5 Å². The van der Waals surface area contributed by atoms with Gasteiger partial charge in [-0.15, -0.1) is 0 Å².